The molecule has 3 atom stereocenters. The van der Waals surface area contributed by atoms with Crippen LogP contribution in [0, 0.1) is 11.3 Å². The maximum Gasteiger partial charge on any atom is 0.243 e. The normalized spacial score (nSPS) is 30.4. The van der Waals surface area contributed by atoms with Crippen molar-refractivity contribution in [1.29, 1.82) is 0 Å². The molecule has 0 aromatic rings. The average molecular weight is 362 g/mol. The molecule has 2 N–H and O–H groups in total. The third-order valence-electron chi connectivity index (χ3n) is 5.87. The number of amides is 2. The van der Waals surface area contributed by atoms with Gasteiger partial charge in [-0.15, -0.1) is 12.4 Å². The molecule has 0 aromatic heterocycles. The molecule has 2 rings (SSSR count). The SMILES string of the molecule is CCN(CC)C(=O)CN(C)C(=O)C1(N)C2CCCOC2C1(C)C.Cl. The first-order valence-corrected chi connectivity index (χ1v) is 8.65. The summed E-state index contributed by atoms with van der Waals surface area (Å²) in [6.45, 7) is 9.98. The minimum Gasteiger partial charge on any atom is -0.377 e. The van der Waals surface area contributed by atoms with Gasteiger partial charge in [0.1, 0.15) is 5.54 Å². The van der Waals surface area contributed by atoms with Gasteiger partial charge in [-0.05, 0) is 26.7 Å². The molecule has 1 aliphatic heterocycles. The van der Waals surface area contributed by atoms with Gasteiger partial charge in [0.25, 0.3) is 0 Å². The van der Waals surface area contributed by atoms with Crippen LogP contribution in [0.5, 0.6) is 0 Å². The van der Waals surface area contributed by atoms with E-state index >= 15 is 0 Å². The monoisotopic (exact) mass is 361 g/mol. The highest BCUT2D eigenvalue weighted by molar-refractivity contribution is 5.92. The quantitative estimate of drug-likeness (QED) is 0.800. The number of carbonyl (C=O) groups is 2. The van der Waals surface area contributed by atoms with E-state index in [4.69, 9.17) is 10.5 Å². The summed E-state index contributed by atoms with van der Waals surface area (Å²) >= 11 is 0. The van der Waals surface area contributed by atoms with Gasteiger partial charge >= 0.3 is 0 Å². The Balaban J connectivity index is 0.00000288. The Morgan fingerprint density at radius 2 is 1.83 bits per heavy atom. The van der Waals surface area contributed by atoms with E-state index in [9.17, 15) is 9.59 Å². The number of ether oxygens (including phenoxy) is 1. The lowest BCUT2D eigenvalue weighted by molar-refractivity contribution is -0.229. The van der Waals surface area contributed by atoms with E-state index in [2.05, 4.69) is 0 Å². The van der Waals surface area contributed by atoms with Crippen LogP contribution in [-0.2, 0) is 14.3 Å². The lowest BCUT2D eigenvalue weighted by Gasteiger charge is -2.65. The highest BCUT2D eigenvalue weighted by atomic mass is 35.5. The summed E-state index contributed by atoms with van der Waals surface area (Å²) in [5.74, 6) is -0.137. The molecule has 1 heterocycles. The minimum absolute atomic E-state index is 0. The van der Waals surface area contributed by atoms with Crippen LogP contribution < -0.4 is 5.73 Å². The van der Waals surface area contributed by atoms with Gasteiger partial charge in [-0.25, -0.2) is 0 Å². The highest BCUT2D eigenvalue weighted by Crippen LogP contribution is 2.57. The third kappa shape index (κ3) is 3.04. The first-order chi connectivity index (χ1) is 10.7. The number of fused-ring (bicyclic) bond motifs is 1. The van der Waals surface area contributed by atoms with Crippen LogP contribution in [0.25, 0.3) is 0 Å². The Hall–Kier alpha value is -0.850. The Bertz CT molecular complexity index is 482. The van der Waals surface area contributed by atoms with E-state index in [1.807, 2.05) is 27.7 Å². The van der Waals surface area contributed by atoms with Crippen LogP contribution in [-0.4, -0.2) is 66.5 Å². The maximum atomic E-state index is 13.0. The van der Waals surface area contributed by atoms with Crippen molar-refractivity contribution in [2.24, 2.45) is 17.1 Å². The summed E-state index contributed by atoms with van der Waals surface area (Å²) in [7, 11) is 1.67. The zero-order valence-electron chi connectivity index (χ0n) is 15.5. The second kappa shape index (κ2) is 7.58. The van der Waals surface area contributed by atoms with Crippen LogP contribution in [0.1, 0.15) is 40.5 Å². The number of carbonyl (C=O) groups excluding carboxylic acids is 2. The number of nitrogens with two attached hydrogens (primary N) is 1. The van der Waals surface area contributed by atoms with Crippen molar-refractivity contribution >= 4 is 24.2 Å². The Kier molecular flexibility index (Phi) is 6.70. The van der Waals surface area contributed by atoms with Gasteiger partial charge in [-0.1, -0.05) is 13.8 Å². The van der Waals surface area contributed by atoms with Crippen molar-refractivity contribution in [3.8, 4) is 0 Å². The van der Waals surface area contributed by atoms with E-state index < -0.39 is 11.0 Å². The van der Waals surface area contributed by atoms with Crippen molar-refractivity contribution in [2.45, 2.75) is 52.2 Å². The molecule has 3 unspecified atom stereocenters. The summed E-state index contributed by atoms with van der Waals surface area (Å²) in [6, 6.07) is 0. The minimum atomic E-state index is -0.948. The first kappa shape index (κ1) is 21.2. The molecule has 2 aliphatic rings. The number of likely N-dealkylation sites (N-methyl/N-ethyl adjacent to an activating group) is 2. The average Bonchev–Trinajstić information content (AvgIpc) is 2.54. The van der Waals surface area contributed by atoms with Gasteiger partial charge in [-0.2, -0.15) is 0 Å². The summed E-state index contributed by atoms with van der Waals surface area (Å²) in [6.07, 6.45) is 1.89. The fourth-order valence-corrected chi connectivity index (χ4v) is 4.28. The zero-order chi connectivity index (χ0) is 17.4. The van der Waals surface area contributed by atoms with Crippen LogP contribution in [0.3, 0.4) is 0 Å². The first-order valence-electron chi connectivity index (χ1n) is 8.65. The maximum absolute atomic E-state index is 13.0. The summed E-state index contributed by atoms with van der Waals surface area (Å²) in [5.41, 5.74) is 5.24. The molecule has 6 nitrogen and oxygen atoms in total. The van der Waals surface area contributed by atoms with Crippen molar-refractivity contribution in [1.82, 2.24) is 9.80 Å². The Morgan fingerprint density at radius 3 is 2.38 bits per heavy atom. The molecule has 1 saturated heterocycles. The van der Waals surface area contributed by atoms with E-state index in [0.29, 0.717) is 13.1 Å². The van der Waals surface area contributed by atoms with E-state index in [0.717, 1.165) is 19.4 Å². The molecule has 0 aromatic carbocycles. The second-order valence-electron chi connectivity index (χ2n) is 7.36. The molecule has 2 fully saturated rings. The molecule has 140 valence electrons. The van der Waals surface area contributed by atoms with Crippen LogP contribution >= 0.6 is 12.4 Å². The highest BCUT2D eigenvalue weighted by Gasteiger charge is 2.70. The molecule has 1 saturated carbocycles. The number of halogens is 1. The van der Waals surface area contributed by atoms with Crippen molar-refractivity contribution < 1.29 is 14.3 Å². The van der Waals surface area contributed by atoms with E-state index in [1.54, 1.807) is 11.9 Å². The fraction of sp³-hybridized carbons (Fsp3) is 0.882. The van der Waals surface area contributed by atoms with Crippen molar-refractivity contribution in [3.05, 3.63) is 0 Å². The van der Waals surface area contributed by atoms with Gasteiger partial charge in [0.05, 0.1) is 12.6 Å². The third-order valence-corrected chi connectivity index (χ3v) is 5.87. The summed E-state index contributed by atoms with van der Waals surface area (Å²) in [5, 5.41) is 0. The topological polar surface area (TPSA) is 75.9 Å². The lowest BCUT2D eigenvalue weighted by Crippen LogP contribution is -2.82. The fourth-order valence-electron chi connectivity index (χ4n) is 4.28. The van der Waals surface area contributed by atoms with Gasteiger partial charge in [-0.3, -0.25) is 9.59 Å². The van der Waals surface area contributed by atoms with Gasteiger partial charge in [0, 0.05) is 38.1 Å². The van der Waals surface area contributed by atoms with E-state index in [1.165, 1.54) is 4.90 Å². The molecular weight excluding hydrogens is 330 g/mol. The number of nitrogens with zero attached hydrogens (tertiary/aromatic N) is 2. The van der Waals surface area contributed by atoms with Crippen LogP contribution in [0.2, 0.25) is 0 Å². The van der Waals surface area contributed by atoms with Gasteiger partial charge in [0.2, 0.25) is 11.8 Å². The molecule has 0 radical (unpaired) electrons. The van der Waals surface area contributed by atoms with Crippen LogP contribution in [0.15, 0.2) is 0 Å². The number of hydrogen-bond acceptors (Lipinski definition) is 4. The molecule has 0 spiro atoms. The standard InChI is InChI=1S/C17H31N3O3.ClH/c1-6-20(7-2)13(21)11-19(5)15(22)17(18)12-9-8-10-23-14(12)16(17,3)4;/h12,14H,6-11,18H2,1-5H3;1H. The largest absolute Gasteiger partial charge is 0.377 e. The molecular formula is C17H32ClN3O3. The molecule has 1 aliphatic carbocycles. The lowest BCUT2D eigenvalue weighted by atomic mass is 9.46. The predicted octanol–water partition coefficient (Wildman–Crippen LogP) is 1.27. The Morgan fingerprint density at radius 1 is 1.25 bits per heavy atom. The molecule has 0 bridgehead atoms. The molecule has 24 heavy (non-hydrogen) atoms. The predicted molar refractivity (Wildman–Crippen MR) is 96.0 cm³/mol. The number of rotatable bonds is 5. The van der Waals surface area contributed by atoms with E-state index in [-0.39, 0.29) is 42.8 Å². The zero-order valence-corrected chi connectivity index (χ0v) is 16.3. The Labute approximate surface area is 151 Å². The van der Waals surface area contributed by atoms with Gasteiger partial charge < -0.3 is 20.3 Å². The number of hydrogen-bond donors (Lipinski definition) is 1. The van der Waals surface area contributed by atoms with Crippen molar-refractivity contribution in [3.63, 3.8) is 0 Å². The summed E-state index contributed by atoms with van der Waals surface area (Å²) in [4.78, 5) is 28.5. The summed E-state index contributed by atoms with van der Waals surface area (Å²) < 4.78 is 5.85. The smallest absolute Gasteiger partial charge is 0.243 e. The van der Waals surface area contributed by atoms with Crippen LogP contribution in [0.4, 0.5) is 0 Å². The molecule has 2 amide bonds. The second-order valence-corrected chi connectivity index (χ2v) is 7.36. The van der Waals surface area contributed by atoms with Gasteiger partial charge in [0.15, 0.2) is 0 Å². The molecule has 7 heteroatoms. The van der Waals surface area contributed by atoms with Crippen molar-refractivity contribution in [2.75, 3.05) is 33.3 Å².